The van der Waals surface area contributed by atoms with Crippen LogP contribution in [0.15, 0.2) is 6.20 Å². The first-order valence-electron chi connectivity index (χ1n) is 5.03. The minimum Gasteiger partial charge on any atom is -0.245 e. The van der Waals surface area contributed by atoms with E-state index in [-0.39, 0.29) is 6.04 Å². The van der Waals surface area contributed by atoms with E-state index < -0.39 is 0 Å². The third-order valence-corrected chi connectivity index (χ3v) is 2.50. The molecular weight excluding hydrogens is 212 g/mol. The highest BCUT2D eigenvalue weighted by Gasteiger charge is 2.12. The molecule has 0 aromatic carbocycles. The van der Waals surface area contributed by atoms with Crippen LogP contribution in [0.3, 0.4) is 0 Å². The molecule has 0 unspecified atom stereocenters. The average Bonchev–Trinajstić information content (AvgIpc) is 2.59. The van der Waals surface area contributed by atoms with Gasteiger partial charge in [0.1, 0.15) is 0 Å². The molecule has 0 atom stereocenters. The quantitative estimate of drug-likeness (QED) is 0.737. The Morgan fingerprint density at radius 2 is 2.13 bits per heavy atom. The maximum Gasteiger partial charge on any atom is 0.224 e. The number of aryl methyl sites for hydroxylation is 1. The zero-order valence-corrected chi connectivity index (χ0v) is 9.78. The molecule has 0 radical (unpaired) electrons. The fourth-order valence-electron chi connectivity index (χ4n) is 1.60. The topological polar surface area (TPSA) is 43.6 Å². The van der Waals surface area contributed by atoms with Crippen LogP contribution in [-0.2, 0) is 6.42 Å². The number of hydrogen-bond donors (Lipinski definition) is 0. The van der Waals surface area contributed by atoms with Crippen LogP contribution in [-0.4, -0.2) is 19.7 Å². The summed E-state index contributed by atoms with van der Waals surface area (Å²) in [4.78, 5) is 8.41. The predicted molar refractivity (Wildman–Crippen MR) is 60.1 cm³/mol. The van der Waals surface area contributed by atoms with Gasteiger partial charge in [-0.2, -0.15) is 10.1 Å². The van der Waals surface area contributed by atoms with Crippen LogP contribution >= 0.6 is 11.6 Å². The zero-order chi connectivity index (χ0) is 11.0. The van der Waals surface area contributed by atoms with Crippen molar-refractivity contribution < 1.29 is 0 Å². The van der Waals surface area contributed by atoms with Crippen LogP contribution in [0.5, 0.6) is 0 Å². The van der Waals surface area contributed by atoms with Gasteiger partial charge in [0.05, 0.1) is 17.3 Å². The Balaban J connectivity index is 2.75. The highest BCUT2D eigenvalue weighted by Crippen LogP contribution is 2.20. The molecule has 2 heterocycles. The van der Waals surface area contributed by atoms with E-state index in [1.165, 1.54) is 0 Å². The molecule has 0 spiro atoms. The Kier molecular flexibility index (Phi) is 2.61. The van der Waals surface area contributed by atoms with Crippen LogP contribution in [0.1, 0.15) is 32.5 Å². The van der Waals surface area contributed by atoms with E-state index in [0.29, 0.717) is 5.28 Å². The van der Waals surface area contributed by atoms with Crippen LogP contribution in [0.25, 0.3) is 11.0 Å². The van der Waals surface area contributed by atoms with Crippen molar-refractivity contribution in [2.75, 3.05) is 0 Å². The van der Waals surface area contributed by atoms with E-state index in [0.717, 1.165) is 23.1 Å². The number of nitrogens with zero attached hydrogens (tertiary/aromatic N) is 4. The fraction of sp³-hybridized carbons (Fsp3) is 0.500. The Hall–Kier alpha value is -1.16. The van der Waals surface area contributed by atoms with Gasteiger partial charge in [0, 0.05) is 6.04 Å². The molecule has 0 aliphatic heterocycles. The van der Waals surface area contributed by atoms with Crippen molar-refractivity contribution in [3.8, 4) is 0 Å². The summed E-state index contributed by atoms with van der Waals surface area (Å²) in [5.41, 5.74) is 1.78. The summed E-state index contributed by atoms with van der Waals surface area (Å²) in [5, 5.41) is 5.59. The SMILES string of the molecule is CCc1nc(Cl)nc2c1cnn2C(C)C. The summed E-state index contributed by atoms with van der Waals surface area (Å²) in [6, 6.07) is 0.276. The van der Waals surface area contributed by atoms with E-state index in [9.17, 15) is 0 Å². The third kappa shape index (κ3) is 1.69. The number of aromatic nitrogens is 4. The molecule has 2 aromatic heterocycles. The number of halogens is 1. The lowest BCUT2D eigenvalue weighted by atomic mass is 10.2. The minimum atomic E-state index is 0.276. The summed E-state index contributed by atoms with van der Waals surface area (Å²) < 4.78 is 1.86. The summed E-state index contributed by atoms with van der Waals surface area (Å²) in [6.45, 7) is 6.17. The fourth-order valence-corrected chi connectivity index (χ4v) is 1.78. The van der Waals surface area contributed by atoms with Crippen molar-refractivity contribution >= 4 is 22.6 Å². The van der Waals surface area contributed by atoms with Crippen molar-refractivity contribution in [3.05, 3.63) is 17.2 Å². The normalized spacial score (nSPS) is 11.5. The molecule has 15 heavy (non-hydrogen) atoms. The van der Waals surface area contributed by atoms with Gasteiger partial charge in [0.2, 0.25) is 5.28 Å². The Morgan fingerprint density at radius 3 is 2.73 bits per heavy atom. The van der Waals surface area contributed by atoms with Gasteiger partial charge in [-0.3, -0.25) is 0 Å². The van der Waals surface area contributed by atoms with Gasteiger partial charge in [0.15, 0.2) is 5.65 Å². The van der Waals surface area contributed by atoms with Gasteiger partial charge in [-0.05, 0) is 31.9 Å². The first kappa shape index (κ1) is 10.4. The van der Waals surface area contributed by atoms with E-state index in [4.69, 9.17) is 11.6 Å². The molecule has 2 aromatic rings. The Morgan fingerprint density at radius 1 is 1.40 bits per heavy atom. The molecule has 0 saturated heterocycles. The largest absolute Gasteiger partial charge is 0.245 e. The highest BCUT2D eigenvalue weighted by molar-refractivity contribution is 6.28. The van der Waals surface area contributed by atoms with Crippen molar-refractivity contribution in [1.82, 2.24) is 19.7 Å². The lowest BCUT2D eigenvalue weighted by molar-refractivity contribution is 0.546. The first-order chi connectivity index (χ1) is 7.13. The lowest BCUT2D eigenvalue weighted by Crippen LogP contribution is -2.04. The van der Waals surface area contributed by atoms with Gasteiger partial charge < -0.3 is 0 Å². The second-order valence-electron chi connectivity index (χ2n) is 3.71. The number of fused-ring (bicyclic) bond motifs is 1. The van der Waals surface area contributed by atoms with Crippen molar-refractivity contribution in [3.63, 3.8) is 0 Å². The minimum absolute atomic E-state index is 0.276. The molecule has 0 N–H and O–H groups in total. The summed E-state index contributed by atoms with van der Waals surface area (Å²) in [6.07, 6.45) is 2.65. The van der Waals surface area contributed by atoms with E-state index >= 15 is 0 Å². The maximum absolute atomic E-state index is 5.87. The van der Waals surface area contributed by atoms with Crippen LogP contribution in [0, 0.1) is 0 Å². The lowest BCUT2D eigenvalue weighted by Gasteiger charge is -2.06. The van der Waals surface area contributed by atoms with E-state index in [2.05, 4.69) is 28.9 Å². The standard InChI is InChI=1S/C10H13ClN4/c1-4-8-7-5-12-15(6(2)3)9(7)14-10(11)13-8/h5-6H,4H2,1-3H3. The Labute approximate surface area is 93.3 Å². The second-order valence-corrected chi connectivity index (χ2v) is 4.05. The van der Waals surface area contributed by atoms with Crippen LogP contribution < -0.4 is 0 Å². The number of hydrogen-bond acceptors (Lipinski definition) is 3. The van der Waals surface area contributed by atoms with Gasteiger partial charge in [-0.25, -0.2) is 9.67 Å². The first-order valence-corrected chi connectivity index (χ1v) is 5.41. The zero-order valence-electron chi connectivity index (χ0n) is 9.03. The average molecular weight is 225 g/mol. The van der Waals surface area contributed by atoms with Gasteiger partial charge >= 0.3 is 0 Å². The van der Waals surface area contributed by atoms with Gasteiger partial charge in [-0.15, -0.1) is 0 Å². The molecule has 5 heteroatoms. The monoisotopic (exact) mass is 224 g/mol. The van der Waals surface area contributed by atoms with Crippen molar-refractivity contribution in [2.24, 2.45) is 0 Å². The van der Waals surface area contributed by atoms with Crippen LogP contribution in [0.2, 0.25) is 5.28 Å². The molecule has 2 rings (SSSR count). The summed E-state index contributed by atoms with van der Waals surface area (Å²) in [7, 11) is 0. The van der Waals surface area contributed by atoms with Crippen LogP contribution in [0.4, 0.5) is 0 Å². The molecule has 0 fully saturated rings. The van der Waals surface area contributed by atoms with E-state index in [1.54, 1.807) is 0 Å². The molecule has 0 bridgehead atoms. The highest BCUT2D eigenvalue weighted by atomic mass is 35.5. The summed E-state index contributed by atoms with van der Waals surface area (Å²) >= 11 is 5.87. The third-order valence-electron chi connectivity index (χ3n) is 2.33. The molecule has 0 aliphatic carbocycles. The predicted octanol–water partition coefficient (Wildman–Crippen LogP) is 2.62. The maximum atomic E-state index is 5.87. The molecule has 4 nitrogen and oxygen atoms in total. The molecule has 0 aliphatic rings. The number of rotatable bonds is 2. The summed E-state index contributed by atoms with van der Waals surface area (Å²) in [5.74, 6) is 0. The second kappa shape index (κ2) is 3.77. The molecule has 0 saturated carbocycles. The molecule has 0 amide bonds. The molecular formula is C10H13ClN4. The Bertz CT molecular complexity index is 489. The van der Waals surface area contributed by atoms with Gasteiger partial charge in [0.25, 0.3) is 0 Å². The molecule has 80 valence electrons. The van der Waals surface area contributed by atoms with Crippen molar-refractivity contribution in [2.45, 2.75) is 33.2 Å². The van der Waals surface area contributed by atoms with Gasteiger partial charge in [-0.1, -0.05) is 6.92 Å². The van der Waals surface area contributed by atoms with Crippen molar-refractivity contribution in [1.29, 1.82) is 0 Å². The van der Waals surface area contributed by atoms with E-state index in [1.807, 2.05) is 17.8 Å². The smallest absolute Gasteiger partial charge is 0.224 e.